The molecule has 0 unspecified atom stereocenters. The molecule has 0 radical (unpaired) electrons. The maximum atomic E-state index is 9.17. The van der Waals surface area contributed by atoms with Crippen LogP contribution in [0.15, 0.2) is 59.2 Å². The molecule has 3 aromatic rings. The Labute approximate surface area is 122 Å². The van der Waals surface area contributed by atoms with Crippen LogP contribution >= 0.6 is 0 Å². The lowest BCUT2D eigenvalue weighted by atomic mass is 10.2. The number of aliphatic hydroxyl groups excluding tert-OH is 1. The van der Waals surface area contributed by atoms with Crippen molar-refractivity contribution in [3.05, 3.63) is 60.6 Å². The minimum Gasteiger partial charge on any atom is -0.467 e. The Morgan fingerprint density at radius 3 is 2.71 bits per heavy atom. The van der Waals surface area contributed by atoms with E-state index in [0.29, 0.717) is 13.1 Å². The molecule has 0 saturated heterocycles. The molecule has 2 aromatic heterocycles. The van der Waals surface area contributed by atoms with Crippen molar-refractivity contribution in [1.82, 2.24) is 9.78 Å². The Kier molecular flexibility index (Phi) is 4.02. The fourth-order valence-electron chi connectivity index (χ4n) is 2.17. The monoisotopic (exact) mass is 283 g/mol. The average molecular weight is 283 g/mol. The van der Waals surface area contributed by atoms with Gasteiger partial charge in [0.25, 0.3) is 0 Å². The molecule has 5 heteroatoms. The molecule has 0 fully saturated rings. The molecule has 3 rings (SSSR count). The maximum Gasteiger partial charge on any atom is 0.125 e. The second kappa shape index (κ2) is 6.28. The standard InChI is InChI=1S/C16H17N3O2/c20-9-8-19-16(17-12-14-7-4-10-21-14)11-15(18-19)13-5-2-1-3-6-13/h1-7,10-11,17,20H,8-9,12H2. The fraction of sp³-hybridized carbons (Fsp3) is 0.188. The molecule has 21 heavy (non-hydrogen) atoms. The van der Waals surface area contributed by atoms with Gasteiger partial charge in [-0.3, -0.25) is 0 Å². The summed E-state index contributed by atoms with van der Waals surface area (Å²) in [7, 11) is 0. The summed E-state index contributed by atoms with van der Waals surface area (Å²) in [6.07, 6.45) is 1.65. The first kappa shape index (κ1) is 13.5. The summed E-state index contributed by atoms with van der Waals surface area (Å²) in [4.78, 5) is 0. The molecule has 1 aromatic carbocycles. The topological polar surface area (TPSA) is 63.2 Å². The summed E-state index contributed by atoms with van der Waals surface area (Å²) < 4.78 is 7.07. The Morgan fingerprint density at radius 2 is 2.00 bits per heavy atom. The highest BCUT2D eigenvalue weighted by Gasteiger charge is 2.09. The van der Waals surface area contributed by atoms with Crippen LogP contribution in [0.5, 0.6) is 0 Å². The molecule has 0 atom stereocenters. The van der Waals surface area contributed by atoms with Crippen LogP contribution in [-0.2, 0) is 13.1 Å². The van der Waals surface area contributed by atoms with Gasteiger partial charge in [0, 0.05) is 11.6 Å². The van der Waals surface area contributed by atoms with Crippen LogP contribution in [-0.4, -0.2) is 21.5 Å². The summed E-state index contributed by atoms with van der Waals surface area (Å²) in [5.74, 6) is 1.72. The van der Waals surface area contributed by atoms with E-state index < -0.39 is 0 Å². The van der Waals surface area contributed by atoms with Gasteiger partial charge in [0.05, 0.1) is 31.7 Å². The van der Waals surface area contributed by atoms with Gasteiger partial charge in [-0.05, 0) is 12.1 Å². The number of aromatic nitrogens is 2. The normalized spacial score (nSPS) is 10.7. The highest BCUT2D eigenvalue weighted by molar-refractivity contribution is 5.62. The number of benzene rings is 1. The van der Waals surface area contributed by atoms with Gasteiger partial charge in [0.2, 0.25) is 0 Å². The van der Waals surface area contributed by atoms with Crippen molar-refractivity contribution >= 4 is 5.82 Å². The van der Waals surface area contributed by atoms with Gasteiger partial charge in [-0.25, -0.2) is 4.68 Å². The quantitative estimate of drug-likeness (QED) is 0.730. The van der Waals surface area contributed by atoms with Crippen molar-refractivity contribution in [2.24, 2.45) is 0 Å². The van der Waals surface area contributed by atoms with Crippen LogP contribution in [0.1, 0.15) is 5.76 Å². The van der Waals surface area contributed by atoms with Crippen LogP contribution in [0.3, 0.4) is 0 Å². The second-order valence-electron chi connectivity index (χ2n) is 4.66. The van der Waals surface area contributed by atoms with Crippen molar-refractivity contribution in [1.29, 1.82) is 0 Å². The van der Waals surface area contributed by atoms with Crippen LogP contribution in [0.25, 0.3) is 11.3 Å². The molecule has 0 aliphatic heterocycles. The Morgan fingerprint density at radius 1 is 1.14 bits per heavy atom. The van der Waals surface area contributed by atoms with E-state index in [9.17, 15) is 0 Å². The first-order valence-corrected chi connectivity index (χ1v) is 6.87. The number of rotatable bonds is 6. The lowest BCUT2D eigenvalue weighted by Crippen LogP contribution is -2.09. The SMILES string of the molecule is OCCn1nc(-c2ccccc2)cc1NCc1ccco1. The van der Waals surface area contributed by atoms with Crippen LogP contribution in [0, 0.1) is 0 Å². The van der Waals surface area contributed by atoms with Gasteiger partial charge in [-0.15, -0.1) is 0 Å². The molecule has 0 amide bonds. The van der Waals surface area contributed by atoms with Gasteiger partial charge >= 0.3 is 0 Å². The summed E-state index contributed by atoms with van der Waals surface area (Å²) in [6, 6.07) is 15.7. The molecule has 0 saturated carbocycles. The van der Waals surface area contributed by atoms with Crippen molar-refractivity contribution in [2.75, 3.05) is 11.9 Å². The van der Waals surface area contributed by atoms with Gasteiger partial charge in [0.1, 0.15) is 11.6 Å². The summed E-state index contributed by atoms with van der Waals surface area (Å²) in [6.45, 7) is 1.08. The maximum absolute atomic E-state index is 9.17. The van der Waals surface area contributed by atoms with Crippen molar-refractivity contribution in [3.63, 3.8) is 0 Å². The van der Waals surface area contributed by atoms with E-state index >= 15 is 0 Å². The smallest absolute Gasteiger partial charge is 0.125 e. The molecular formula is C16H17N3O2. The van der Waals surface area contributed by atoms with Gasteiger partial charge in [-0.2, -0.15) is 5.10 Å². The number of hydrogen-bond donors (Lipinski definition) is 2. The third kappa shape index (κ3) is 3.14. The van der Waals surface area contributed by atoms with Crippen molar-refractivity contribution in [2.45, 2.75) is 13.1 Å². The number of nitrogens with zero attached hydrogens (tertiary/aromatic N) is 2. The first-order chi connectivity index (χ1) is 10.4. The molecule has 0 aliphatic carbocycles. The molecular weight excluding hydrogens is 266 g/mol. The first-order valence-electron chi connectivity index (χ1n) is 6.87. The van der Waals surface area contributed by atoms with Crippen molar-refractivity contribution < 1.29 is 9.52 Å². The van der Waals surface area contributed by atoms with Gasteiger partial charge < -0.3 is 14.8 Å². The van der Waals surface area contributed by atoms with E-state index in [1.165, 1.54) is 0 Å². The van der Waals surface area contributed by atoms with Gasteiger partial charge in [0.15, 0.2) is 0 Å². The Bertz CT molecular complexity index is 675. The average Bonchev–Trinajstić information content (AvgIpc) is 3.16. The largest absolute Gasteiger partial charge is 0.467 e. The summed E-state index contributed by atoms with van der Waals surface area (Å²) in [5.41, 5.74) is 1.93. The second-order valence-corrected chi connectivity index (χ2v) is 4.66. The van der Waals surface area contributed by atoms with Crippen molar-refractivity contribution in [3.8, 4) is 11.3 Å². The number of aliphatic hydroxyl groups is 1. The Hall–Kier alpha value is -2.53. The van der Waals surface area contributed by atoms with E-state index in [1.54, 1.807) is 10.9 Å². The molecule has 2 heterocycles. The fourth-order valence-corrected chi connectivity index (χ4v) is 2.17. The Balaban J connectivity index is 1.82. The summed E-state index contributed by atoms with van der Waals surface area (Å²) >= 11 is 0. The third-order valence-corrected chi connectivity index (χ3v) is 3.19. The molecule has 108 valence electrons. The molecule has 0 aliphatic rings. The highest BCUT2D eigenvalue weighted by atomic mass is 16.3. The third-order valence-electron chi connectivity index (χ3n) is 3.19. The zero-order chi connectivity index (χ0) is 14.5. The van der Waals surface area contributed by atoms with E-state index in [2.05, 4.69) is 10.4 Å². The molecule has 2 N–H and O–H groups in total. The predicted octanol–water partition coefficient (Wildman–Crippen LogP) is 2.75. The minimum absolute atomic E-state index is 0.0470. The zero-order valence-corrected chi connectivity index (χ0v) is 11.6. The summed E-state index contributed by atoms with van der Waals surface area (Å²) in [5, 5.41) is 17.0. The minimum atomic E-state index is 0.0470. The van der Waals surface area contributed by atoms with Gasteiger partial charge in [-0.1, -0.05) is 30.3 Å². The predicted molar refractivity (Wildman–Crippen MR) is 80.8 cm³/mol. The van der Waals surface area contributed by atoms with E-state index in [-0.39, 0.29) is 6.61 Å². The van der Waals surface area contributed by atoms with Crippen LogP contribution < -0.4 is 5.32 Å². The lowest BCUT2D eigenvalue weighted by Gasteiger charge is -2.06. The molecule has 5 nitrogen and oxygen atoms in total. The van der Waals surface area contributed by atoms with E-state index in [0.717, 1.165) is 22.8 Å². The van der Waals surface area contributed by atoms with E-state index in [1.807, 2.05) is 48.5 Å². The number of furan rings is 1. The van der Waals surface area contributed by atoms with Crippen LogP contribution in [0.2, 0.25) is 0 Å². The molecule has 0 spiro atoms. The molecule has 0 bridgehead atoms. The van der Waals surface area contributed by atoms with E-state index in [4.69, 9.17) is 9.52 Å². The lowest BCUT2D eigenvalue weighted by molar-refractivity contribution is 0.270. The number of hydrogen-bond acceptors (Lipinski definition) is 4. The zero-order valence-electron chi connectivity index (χ0n) is 11.6. The number of nitrogens with one attached hydrogen (secondary N) is 1. The highest BCUT2D eigenvalue weighted by Crippen LogP contribution is 2.22. The number of anilines is 1. The van der Waals surface area contributed by atoms with Crippen LogP contribution in [0.4, 0.5) is 5.82 Å².